The third kappa shape index (κ3) is 36.4. The number of carbonyl (C=O) groups is 3. The Hall–Kier alpha value is -2.97. The van der Waals surface area contributed by atoms with Crippen molar-refractivity contribution in [3.63, 3.8) is 0 Å². The molecule has 8 nitrogen and oxygen atoms in total. The molecule has 0 saturated heterocycles. The summed E-state index contributed by atoms with van der Waals surface area (Å²) >= 11 is 0. The molecule has 0 heterocycles. The fraction of sp³-hybridized carbons (Fsp3) is 0.723. The Morgan fingerprint density at radius 3 is 1.51 bits per heavy atom. The molecule has 0 bridgehead atoms. The molecule has 2 atom stereocenters. The lowest BCUT2D eigenvalue weighted by molar-refractivity contribution is -0.887. The van der Waals surface area contributed by atoms with Gasteiger partial charge < -0.3 is 23.8 Å². The Morgan fingerprint density at radius 1 is 0.564 bits per heavy atom. The molecular formula is C47H82NO7+. The van der Waals surface area contributed by atoms with E-state index in [0.29, 0.717) is 19.3 Å². The maximum absolute atomic E-state index is 12.7. The van der Waals surface area contributed by atoms with Crippen LogP contribution in [0.2, 0.25) is 0 Å². The number of hydrogen-bond donors (Lipinski definition) is 1. The largest absolute Gasteiger partial charge is 0.477 e. The van der Waals surface area contributed by atoms with Gasteiger partial charge in [0.2, 0.25) is 0 Å². The second kappa shape index (κ2) is 37.9. The van der Waals surface area contributed by atoms with Gasteiger partial charge in [0.05, 0.1) is 34.4 Å². The van der Waals surface area contributed by atoms with Crippen LogP contribution in [0.25, 0.3) is 0 Å². The molecule has 0 aliphatic rings. The number of likely N-dealkylation sites (N-methyl/N-ethyl adjacent to an activating group) is 1. The van der Waals surface area contributed by atoms with Crippen LogP contribution in [0.1, 0.15) is 168 Å². The maximum Gasteiger partial charge on any atom is 0.362 e. The zero-order valence-corrected chi connectivity index (χ0v) is 35.9. The lowest BCUT2D eigenvalue weighted by Crippen LogP contribution is -2.50. The minimum atomic E-state index is -0.884. The van der Waals surface area contributed by atoms with Gasteiger partial charge in [0, 0.05) is 19.3 Å². The molecule has 0 aliphatic carbocycles. The van der Waals surface area contributed by atoms with Gasteiger partial charge in [-0.05, 0) is 32.1 Å². The van der Waals surface area contributed by atoms with Crippen molar-refractivity contribution in [3.05, 3.63) is 60.8 Å². The summed E-state index contributed by atoms with van der Waals surface area (Å²) in [5, 5.41) is 9.61. The van der Waals surface area contributed by atoms with Gasteiger partial charge in [0.1, 0.15) is 6.61 Å². The number of rotatable bonds is 38. The van der Waals surface area contributed by atoms with E-state index in [9.17, 15) is 19.5 Å². The molecule has 0 spiro atoms. The Balaban J connectivity index is 4.41. The molecule has 55 heavy (non-hydrogen) atoms. The van der Waals surface area contributed by atoms with Crippen molar-refractivity contribution >= 4 is 17.9 Å². The molecule has 0 radical (unpaired) electrons. The molecule has 0 aromatic carbocycles. The van der Waals surface area contributed by atoms with Crippen LogP contribution in [0.3, 0.4) is 0 Å². The van der Waals surface area contributed by atoms with Gasteiger partial charge in [-0.1, -0.05) is 177 Å². The fourth-order valence-electron chi connectivity index (χ4n) is 6.17. The number of nitrogens with zero attached hydrogens (tertiary/aromatic N) is 1. The quantitative estimate of drug-likeness (QED) is 0.0289. The van der Waals surface area contributed by atoms with Crippen LogP contribution >= 0.6 is 0 Å². The second-order valence-electron chi connectivity index (χ2n) is 15.7. The Bertz CT molecular complexity index is 1090. The summed E-state index contributed by atoms with van der Waals surface area (Å²) in [6.07, 6.45) is 45.5. The molecule has 0 aliphatic heterocycles. The number of aliphatic carboxylic acids is 1. The number of carboxylic acid groups (broad SMARTS) is 1. The van der Waals surface area contributed by atoms with Gasteiger partial charge >= 0.3 is 17.9 Å². The number of esters is 2. The molecule has 0 fully saturated rings. The summed E-state index contributed by atoms with van der Waals surface area (Å²) in [4.78, 5) is 36.9. The topological polar surface area (TPSA) is 99.1 Å². The molecule has 0 saturated carbocycles. The van der Waals surface area contributed by atoms with Crippen LogP contribution in [-0.4, -0.2) is 80.6 Å². The maximum atomic E-state index is 12.7. The van der Waals surface area contributed by atoms with E-state index in [2.05, 4.69) is 26.0 Å². The first-order chi connectivity index (χ1) is 26.6. The van der Waals surface area contributed by atoms with Gasteiger partial charge in [0.25, 0.3) is 0 Å². The van der Waals surface area contributed by atoms with E-state index in [1.807, 2.05) is 69.8 Å². The molecular weight excluding hydrogens is 691 g/mol. The van der Waals surface area contributed by atoms with Gasteiger partial charge in [-0.25, -0.2) is 4.79 Å². The van der Waals surface area contributed by atoms with E-state index in [4.69, 9.17) is 14.2 Å². The van der Waals surface area contributed by atoms with Crippen molar-refractivity contribution in [3.8, 4) is 0 Å². The van der Waals surface area contributed by atoms with E-state index in [1.165, 1.54) is 83.5 Å². The molecule has 0 amide bonds. The van der Waals surface area contributed by atoms with E-state index in [0.717, 1.165) is 44.9 Å². The normalized spacial score (nSPS) is 13.5. The number of unbranched alkanes of at least 4 members (excludes halogenated alkanes) is 18. The van der Waals surface area contributed by atoms with Crippen LogP contribution in [0.15, 0.2) is 60.8 Å². The SMILES string of the molecule is CC/C=C/C=C/C=C/C=C/C=C/CCCCCC(=O)OC(COCCC(C(=O)O)[N+](C)(C)C)COC(=O)CCCCCCCCCCCCCCCCCC. The molecule has 1 N–H and O–H groups in total. The van der Waals surface area contributed by atoms with Gasteiger partial charge in [0.15, 0.2) is 12.1 Å². The van der Waals surface area contributed by atoms with Crippen molar-refractivity contribution in [1.29, 1.82) is 0 Å². The Morgan fingerprint density at radius 2 is 1.02 bits per heavy atom. The highest BCUT2D eigenvalue weighted by molar-refractivity contribution is 5.72. The summed E-state index contributed by atoms with van der Waals surface area (Å²) in [6, 6.07) is -0.623. The summed E-state index contributed by atoms with van der Waals surface area (Å²) in [6.45, 7) is 4.55. The molecule has 0 rings (SSSR count). The van der Waals surface area contributed by atoms with Gasteiger partial charge in [-0.15, -0.1) is 0 Å². The molecule has 2 unspecified atom stereocenters. The lowest BCUT2D eigenvalue weighted by atomic mass is 10.0. The van der Waals surface area contributed by atoms with Crippen LogP contribution in [0.5, 0.6) is 0 Å². The first-order valence-electron chi connectivity index (χ1n) is 21.9. The first-order valence-corrected chi connectivity index (χ1v) is 21.9. The van der Waals surface area contributed by atoms with Crippen LogP contribution in [0.4, 0.5) is 0 Å². The monoisotopic (exact) mass is 773 g/mol. The van der Waals surface area contributed by atoms with E-state index in [-0.39, 0.29) is 42.7 Å². The number of hydrogen-bond acceptors (Lipinski definition) is 6. The van der Waals surface area contributed by atoms with Gasteiger partial charge in [-0.2, -0.15) is 0 Å². The second-order valence-corrected chi connectivity index (χ2v) is 15.7. The van der Waals surface area contributed by atoms with Gasteiger partial charge in [-0.3, -0.25) is 9.59 Å². The number of ether oxygens (including phenoxy) is 3. The summed E-state index contributed by atoms with van der Waals surface area (Å²) in [7, 11) is 5.50. The van der Waals surface area contributed by atoms with Crippen LogP contribution in [0, 0.1) is 0 Å². The smallest absolute Gasteiger partial charge is 0.362 e. The van der Waals surface area contributed by atoms with Crippen LogP contribution in [-0.2, 0) is 28.6 Å². The predicted molar refractivity (Wildman–Crippen MR) is 229 cm³/mol. The standard InChI is InChI=1S/C47H81NO7/c1-6-8-10-12-14-16-18-20-22-24-25-27-29-31-33-35-37-45(49)54-42-43(41-53-40-39-44(47(51)52)48(3,4)5)55-46(50)38-36-34-32-30-28-26-23-21-19-17-15-13-11-9-7-2/h9,11,13,15,17,19,21,23,26,28,43-44H,6-8,10,12,14,16,18,20,22,24-25,27,29-42H2,1-5H3/p+1/b11-9+,15-13+,19-17+,23-21+,28-26+. The van der Waals surface area contributed by atoms with Crippen molar-refractivity contribution in [2.24, 2.45) is 0 Å². The average molecular weight is 773 g/mol. The fourth-order valence-corrected chi connectivity index (χ4v) is 6.17. The van der Waals surface area contributed by atoms with E-state index in [1.54, 1.807) is 0 Å². The lowest BCUT2D eigenvalue weighted by Gasteiger charge is -2.31. The van der Waals surface area contributed by atoms with Crippen molar-refractivity contribution in [1.82, 2.24) is 0 Å². The third-order valence-corrected chi connectivity index (χ3v) is 9.56. The highest BCUT2D eigenvalue weighted by atomic mass is 16.6. The average Bonchev–Trinajstić information content (AvgIpc) is 3.14. The third-order valence-electron chi connectivity index (χ3n) is 9.56. The molecule has 8 heteroatoms. The number of quaternary nitrogens is 1. The minimum Gasteiger partial charge on any atom is -0.477 e. The summed E-state index contributed by atoms with van der Waals surface area (Å²) < 4.78 is 17.2. The summed E-state index contributed by atoms with van der Waals surface area (Å²) in [5.74, 6) is -1.52. The Labute approximate surface area is 337 Å². The molecule has 0 aromatic heterocycles. The van der Waals surface area contributed by atoms with E-state index < -0.39 is 18.1 Å². The van der Waals surface area contributed by atoms with Crippen molar-refractivity contribution < 1.29 is 38.2 Å². The highest BCUT2D eigenvalue weighted by Gasteiger charge is 2.31. The Kier molecular flexibility index (Phi) is 35.9. The summed E-state index contributed by atoms with van der Waals surface area (Å²) in [5.41, 5.74) is 0. The zero-order valence-electron chi connectivity index (χ0n) is 35.9. The molecule has 316 valence electrons. The number of carbonyl (C=O) groups excluding carboxylic acids is 2. The highest BCUT2D eigenvalue weighted by Crippen LogP contribution is 2.15. The minimum absolute atomic E-state index is 0.0429. The van der Waals surface area contributed by atoms with Crippen LogP contribution < -0.4 is 0 Å². The number of carboxylic acids is 1. The zero-order chi connectivity index (χ0) is 40.7. The van der Waals surface area contributed by atoms with E-state index >= 15 is 0 Å². The number of allylic oxidation sites excluding steroid dienone is 10. The molecule has 0 aromatic rings. The predicted octanol–water partition coefficient (Wildman–Crippen LogP) is 11.8. The van der Waals surface area contributed by atoms with Crippen molar-refractivity contribution in [2.45, 2.75) is 180 Å². The first kappa shape index (κ1) is 52.0. The van der Waals surface area contributed by atoms with Crippen molar-refractivity contribution in [2.75, 3.05) is 41.0 Å².